The summed E-state index contributed by atoms with van der Waals surface area (Å²) in [5.74, 6) is -0.844. The summed E-state index contributed by atoms with van der Waals surface area (Å²) in [6.45, 7) is 6.21. The van der Waals surface area contributed by atoms with Crippen molar-refractivity contribution < 1.29 is 13.9 Å². The van der Waals surface area contributed by atoms with Gasteiger partial charge in [0.25, 0.3) is 0 Å². The molecule has 18 heavy (non-hydrogen) atoms. The van der Waals surface area contributed by atoms with Crippen LogP contribution in [0.2, 0.25) is 0 Å². The van der Waals surface area contributed by atoms with Crippen LogP contribution in [0.25, 0.3) is 0 Å². The van der Waals surface area contributed by atoms with Crippen LogP contribution in [0.1, 0.15) is 19.4 Å². The molecular weight excluding hydrogens is 301 g/mol. The largest absolute Gasteiger partial charge is 0.466 e. The molecule has 1 rings (SSSR count). The second kappa shape index (κ2) is 6.73. The number of anilines is 1. The van der Waals surface area contributed by atoms with Crippen molar-refractivity contribution in [2.75, 3.05) is 18.5 Å². The molecule has 0 saturated heterocycles. The van der Waals surface area contributed by atoms with Crippen LogP contribution in [0.5, 0.6) is 0 Å². The first-order valence-electron chi connectivity index (χ1n) is 5.81. The molecular formula is C13H17BrFNO2. The van der Waals surface area contributed by atoms with E-state index in [-0.39, 0.29) is 17.7 Å². The normalized spacial score (nSPS) is 12.1. The van der Waals surface area contributed by atoms with Gasteiger partial charge in [0.15, 0.2) is 0 Å². The van der Waals surface area contributed by atoms with Crippen molar-refractivity contribution in [2.45, 2.75) is 20.8 Å². The predicted molar refractivity (Wildman–Crippen MR) is 73.1 cm³/mol. The third kappa shape index (κ3) is 3.98. The number of esters is 1. The summed E-state index contributed by atoms with van der Waals surface area (Å²) < 4.78 is 18.7. The Morgan fingerprint density at radius 1 is 1.56 bits per heavy atom. The lowest BCUT2D eigenvalue weighted by atomic mass is 10.1. The molecule has 0 amide bonds. The molecule has 0 aliphatic rings. The summed E-state index contributed by atoms with van der Waals surface area (Å²) in [4.78, 5) is 11.4. The van der Waals surface area contributed by atoms with Gasteiger partial charge in [0, 0.05) is 12.2 Å². The van der Waals surface area contributed by atoms with Gasteiger partial charge in [0.1, 0.15) is 5.82 Å². The highest BCUT2D eigenvalue weighted by Gasteiger charge is 2.14. The Hall–Kier alpha value is -1.10. The minimum Gasteiger partial charge on any atom is -0.466 e. The number of rotatable bonds is 5. The molecule has 100 valence electrons. The van der Waals surface area contributed by atoms with Crippen LogP contribution in [0.3, 0.4) is 0 Å². The van der Waals surface area contributed by atoms with Crippen LogP contribution in [-0.2, 0) is 9.53 Å². The van der Waals surface area contributed by atoms with Gasteiger partial charge < -0.3 is 10.1 Å². The zero-order valence-corrected chi connectivity index (χ0v) is 12.3. The van der Waals surface area contributed by atoms with E-state index in [2.05, 4.69) is 21.2 Å². The molecule has 0 aliphatic carbocycles. The summed E-state index contributed by atoms with van der Waals surface area (Å²) in [5.41, 5.74) is 1.60. The quantitative estimate of drug-likeness (QED) is 0.845. The Kier molecular flexibility index (Phi) is 5.59. The van der Waals surface area contributed by atoms with Gasteiger partial charge in [0.05, 0.1) is 17.0 Å². The lowest BCUT2D eigenvalue weighted by Gasteiger charge is -2.14. The van der Waals surface area contributed by atoms with E-state index in [0.717, 1.165) is 5.56 Å². The molecule has 0 fully saturated rings. The van der Waals surface area contributed by atoms with Crippen LogP contribution in [-0.4, -0.2) is 19.1 Å². The van der Waals surface area contributed by atoms with E-state index in [0.29, 0.717) is 23.3 Å². The highest BCUT2D eigenvalue weighted by atomic mass is 79.9. The van der Waals surface area contributed by atoms with Crippen LogP contribution in [0.4, 0.5) is 10.1 Å². The van der Waals surface area contributed by atoms with E-state index in [1.165, 1.54) is 6.07 Å². The standard InChI is InChI=1S/C13H17BrFNO2/c1-4-18-13(17)9(3)7-16-12-6-11(15)10(14)5-8(12)2/h5-6,9,16H,4,7H2,1-3H3. The number of hydrogen-bond donors (Lipinski definition) is 1. The molecule has 0 radical (unpaired) electrons. The first kappa shape index (κ1) is 15.0. The van der Waals surface area contributed by atoms with Gasteiger partial charge in [-0.05, 0) is 47.5 Å². The molecule has 1 aromatic rings. The SMILES string of the molecule is CCOC(=O)C(C)CNc1cc(F)c(Br)cc1C. The lowest BCUT2D eigenvalue weighted by Crippen LogP contribution is -2.22. The maximum Gasteiger partial charge on any atom is 0.310 e. The van der Waals surface area contributed by atoms with Crippen molar-refractivity contribution in [3.63, 3.8) is 0 Å². The topological polar surface area (TPSA) is 38.3 Å². The van der Waals surface area contributed by atoms with Gasteiger partial charge >= 0.3 is 5.97 Å². The molecule has 1 N–H and O–H groups in total. The second-order valence-electron chi connectivity index (χ2n) is 4.12. The Balaban J connectivity index is 2.63. The fourth-order valence-electron chi connectivity index (χ4n) is 1.47. The summed E-state index contributed by atoms with van der Waals surface area (Å²) in [6.07, 6.45) is 0. The third-order valence-corrected chi connectivity index (χ3v) is 3.16. The van der Waals surface area contributed by atoms with Crippen LogP contribution in [0, 0.1) is 18.7 Å². The van der Waals surface area contributed by atoms with Gasteiger partial charge in [0.2, 0.25) is 0 Å². The van der Waals surface area contributed by atoms with Crippen molar-refractivity contribution in [3.8, 4) is 0 Å². The molecule has 1 unspecified atom stereocenters. The minimum absolute atomic E-state index is 0.250. The molecule has 0 saturated carbocycles. The maximum atomic E-state index is 13.4. The van der Waals surface area contributed by atoms with Crippen LogP contribution in [0.15, 0.2) is 16.6 Å². The van der Waals surface area contributed by atoms with Gasteiger partial charge in [-0.1, -0.05) is 6.92 Å². The summed E-state index contributed by atoms with van der Waals surface area (Å²) >= 11 is 3.13. The summed E-state index contributed by atoms with van der Waals surface area (Å²) in [5, 5.41) is 3.06. The van der Waals surface area contributed by atoms with Gasteiger partial charge in [-0.2, -0.15) is 0 Å². The molecule has 1 atom stereocenters. The molecule has 0 heterocycles. The van der Waals surface area contributed by atoms with Crippen LogP contribution < -0.4 is 5.32 Å². The molecule has 0 aromatic heterocycles. The zero-order valence-electron chi connectivity index (χ0n) is 10.7. The molecule has 5 heteroatoms. The Bertz CT molecular complexity index is 437. The first-order valence-corrected chi connectivity index (χ1v) is 6.61. The zero-order chi connectivity index (χ0) is 13.7. The predicted octanol–water partition coefficient (Wildman–Crippen LogP) is 3.51. The van der Waals surface area contributed by atoms with Crippen molar-refractivity contribution in [3.05, 3.63) is 28.0 Å². The van der Waals surface area contributed by atoms with Gasteiger partial charge in [-0.25, -0.2) is 4.39 Å². The molecule has 0 aliphatic heterocycles. The van der Waals surface area contributed by atoms with E-state index < -0.39 is 0 Å². The Labute approximate surface area is 115 Å². The van der Waals surface area contributed by atoms with Crippen LogP contribution >= 0.6 is 15.9 Å². The molecule has 0 spiro atoms. The van der Waals surface area contributed by atoms with Crippen molar-refractivity contribution >= 4 is 27.6 Å². The number of ether oxygens (including phenoxy) is 1. The highest BCUT2D eigenvalue weighted by molar-refractivity contribution is 9.10. The monoisotopic (exact) mass is 317 g/mol. The van der Waals surface area contributed by atoms with E-state index >= 15 is 0 Å². The minimum atomic E-state index is -0.327. The first-order chi connectivity index (χ1) is 8.45. The average molecular weight is 318 g/mol. The molecule has 1 aromatic carbocycles. The number of nitrogens with one attached hydrogen (secondary N) is 1. The van der Waals surface area contributed by atoms with E-state index in [9.17, 15) is 9.18 Å². The number of carbonyl (C=O) groups is 1. The van der Waals surface area contributed by atoms with Gasteiger partial charge in [-0.3, -0.25) is 4.79 Å². The summed E-state index contributed by atoms with van der Waals surface area (Å²) in [7, 11) is 0. The molecule has 0 bridgehead atoms. The van der Waals surface area contributed by atoms with E-state index in [1.54, 1.807) is 19.9 Å². The van der Waals surface area contributed by atoms with Crippen molar-refractivity contribution in [2.24, 2.45) is 5.92 Å². The lowest BCUT2D eigenvalue weighted by molar-refractivity contribution is -0.146. The van der Waals surface area contributed by atoms with Gasteiger partial charge in [-0.15, -0.1) is 0 Å². The smallest absolute Gasteiger partial charge is 0.310 e. The van der Waals surface area contributed by atoms with E-state index in [4.69, 9.17) is 4.74 Å². The average Bonchev–Trinajstić information content (AvgIpc) is 2.32. The number of hydrogen-bond acceptors (Lipinski definition) is 3. The highest BCUT2D eigenvalue weighted by Crippen LogP contribution is 2.24. The van der Waals surface area contributed by atoms with Crippen molar-refractivity contribution in [1.29, 1.82) is 0 Å². The Morgan fingerprint density at radius 2 is 2.22 bits per heavy atom. The Morgan fingerprint density at radius 3 is 2.83 bits per heavy atom. The third-order valence-electron chi connectivity index (χ3n) is 2.55. The fraction of sp³-hybridized carbons (Fsp3) is 0.462. The second-order valence-corrected chi connectivity index (χ2v) is 4.97. The number of benzene rings is 1. The summed E-state index contributed by atoms with van der Waals surface area (Å²) in [6, 6.07) is 3.12. The molecule has 3 nitrogen and oxygen atoms in total. The number of aryl methyl sites for hydroxylation is 1. The van der Waals surface area contributed by atoms with Crippen molar-refractivity contribution in [1.82, 2.24) is 0 Å². The van der Waals surface area contributed by atoms with E-state index in [1.807, 2.05) is 6.92 Å². The number of carbonyl (C=O) groups excluding carboxylic acids is 1. The maximum absolute atomic E-state index is 13.4. The number of halogens is 2. The fourth-order valence-corrected chi connectivity index (χ4v) is 1.93.